The summed E-state index contributed by atoms with van der Waals surface area (Å²) in [5.41, 5.74) is 0.747. The van der Waals surface area contributed by atoms with Crippen molar-refractivity contribution in [2.24, 2.45) is 0 Å². The van der Waals surface area contributed by atoms with Crippen molar-refractivity contribution in [1.82, 2.24) is 9.97 Å². The van der Waals surface area contributed by atoms with Gasteiger partial charge >= 0.3 is 5.91 Å². The van der Waals surface area contributed by atoms with E-state index in [-0.39, 0.29) is 16.3 Å². The van der Waals surface area contributed by atoms with Gasteiger partial charge in [-0.2, -0.15) is 0 Å². The van der Waals surface area contributed by atoms with Crippen LogP contribution < -0.4 is 5.32 Å². The van der Waals surface area contributed by atoms with Crippen LogP contribution in [0, 0.1) is 11.8 Å². The van der Waals surface area contributed by atoms with E-state index in [0.29, 0.717) is 0 Å². The molecule has 0 aliphatic heterocycles. The third kappa shape index (κ3) is 4.25. The summed E-state index contributed by atoms with van der Waals surface area (Å²) in [6.07, 6.45) is 0. The van der Waals surface area contributed by atoms with E-state index in [1.807, 2.05) is 18.2 Å². The zero-order chi connectivity index (χ0) is 13.7. The van der Waals surface area contributed by atoms with Crippen LogP contribution in [0.15, 0.2) is 36.4 Å². The van der Waals surface area contributed by atoms with Crippen molar-refractivity contribution in [2.75, 3.05) is 5.32 Å². The Hall–Kier alpha value is -2.09. The summed E-state index contributed by atoms with van der Waals surface area (Å²) in [7, 11) is 0. The Labute approximate surface area is 119 Å². The number of aromatic nitrogens is 2. The number of nitrogens with one attached hydrogen (secondary N) is 1. The smallest absolute Gasteiger partial charge is 0.299 e. The van der Waals surface area contributed by atoms with E-state index >= 15 is 0 Å². The van der Waals surface area contributed by atoms with Gasteiger partial charge in [-0.3, -0.25) is 10.1 Å². The fourth-order valence-electron chi connectivity index (χ4n) is 1.25. The first kappa shape index (κ1) is 13.3. The summed E-state index contributed by atoms with van der Waals surface area (Å²) in [5, 5.41) is 2.56. The van der Waals surface area contributed by atoms with Crippen LogP contribution in [-0.4, -0.2) is 15.9 Å². The number of halogens is 2. The minimum atomic E-state index is -0.505. The fraction of sp³-hybridized carbons (Fsp3) is 0. The van der Waals surface area contributed by atoms with Crippen LogP contribution in [0.5, 0.6) is 0 Å². The molecule has 1 aromatic heterocycles. The molecule has 0 radical (unpaired) electrons. The number of amides is 1. The number of hydrogen-bond donors (Lipinski definition) is 1. The minimum absolute atomic E-state index is 0.0428. The van der Waals surface area contributed by atoms with Gasteiger partial charge in [0.1, 0.15) is 11.0 Å². The molecule has 1 N–H and O–H groups in total. The third-order valence-corrected chi connectivity index (χ3v) is 2.37. The summed E-state index contributed by atoms with van der Waals surface area (Å²) in [6, 6.07) is 10.5. The van der Waals surface area contributed by atoms with Crippen LogP contribution in [0.1, 0.15) is 5.56 Å². The van der Waals surface area contributed by atoms with Crippen LogP contribution in [-0.2, 0) is 4.79 Å². The van der Waals surface area contributed by atoms with E-state index in [0.717, 1.165) is 5.56 Å². The van der Waals surface area contributed by atoms with E-state index in [1.165, 1.54) is 6.07 Å². The molecular weight excluding hydrogens is 285 g/mol. The molecule has 0 saturated heterocycles. The number of benzene rings is 1. The molecule has 0 fully saturated rings. The topological polar surface area (TPSA) is 54.9 Å². The molecule has 0 aliphatic rings. The van der Waals surface area contributed by atoms with Gasteiger partial charge < -0.3 is 0 Å². The summed E-state index contributed by atoms with van der Waals surface area (Å²) < 4.78 is 0. The van der Waals surface area contributed by atoms with E-state index in [9.17, 15) is 4.79 Å². The summed E-state index contributed by atoms with van der Waals surface area (Å²) >= 11 is 11.3. The molecular formula is C13H7Cl2N3O. The standard InChI is InChI=1S/C13H7Cl2N3O/c14-10-8-11(18-13(15)16-10)17-12(19)7-6-9-4-2-1-3-5-9/h1-5,8H,(H,16,17,18,19). The van der Waals surface area contributed by atoms with Crippen molar-refractivity contribution in [3.05, 3.63) is 52.4 Å². The van der Waals surface area contributed by atoms with Gasteiger partial charge in [0, 0.05) is 17.6 Å². The molecule has 2 rings (SSSR count). The van der Waals surface area contributed by atoms with Crippen LogP contribution in [0.4, 0.5) is 5.82 Å². The Bertz CT molecular complexity index is 642. The average Bonchev–Trinajstić information content (AvgIpc) is 2.36. The first-order valence-corrected chi connectivity index (χ1v) is 5.97. The molecule has 0 atom stereocenters. The van der Waals surface area contributed by atoms with Crippen molar-refractivity contribution in [3.8, 4) is 11.8 Å². The van der Waals surface area contributed by atoms with Crippen LogP contribution in [0.25, 0.3) is 0 Å². The zero-order valence-electron chi connectivity index (χ0n) is 9.52. The lowest BCUT2D eigenvalue weighted by Crippen LogP contribution is -2.10. The molecule has 0 saturated carbocycles. The number of hydrogen-bond acceptors (Lipinski definition) is 3. The molecule has 1 heterocycles. The Balaban J connectivity index is 2.08. The van der Waals surface area contributed by atoms with Crippen LogP contribution in [0.2, 0.25) is 10.4 Å². The molecule has 94 valence electrons. The van der Waals surface area contributed by atoms with Gasteiger partial charge in [-0.1, -0.05) is 35.7 Å². The Morgan fingerprint density at radius 1 is 1.16 bits per heavy atom. The molecule has 19 heavy (non-hydrogen) atoms. The molecule has 0 unspecified atom stereocenters. The summed E-state index contributed by atoms with van der Waals surface area (Å²) in [4.78, 5) is 19.0. The number of carbonyl (C=O) groups excluding carboxylic acids is 1. The molecule has 6 heteroatoms. The van der Waals surface area contributed by atoms with Crippen molar-refractivity contribution < 1.29 is 4.79 Å². The van der Waals surface area contributed by atoms with Crippen molar-refractivity contribution in [1.29, 1.82) is 0 Å². The Morgan fingerprint density at radius 3 is 2.58 bits per heavy atom. The van der Waals surface area contributed by atoms with E-state index in [2.05, 4.69) is 27.1 Å². The molecule has 0 spiro atoms. The maximum Gasteiger partial charge on any atom is 0.301 e. The highest BCUT2D eigenvalue weighted by atomic mass is 35.5. The molecule has 0 aliphatic carbocycles. The lowest BCUT2D eigenvalue weighted by atomic mass is 10.2. The molecule has 1 aromatic carbocycles. The molecule has 4 nitrogen and oxygen atoms in total. The minimum Gasteiger partial charge on any atom is -0.299 e. The van der Waals surface area contributed by atoms with Crippen molar-refractivity contribution in [2.45, 2.75) is 0 Å². The van der Waals surface area contributed by atoms with Gasteiger partial charge in [-0.05, 0) is 23.7 Å². The highest BCUT2D eigenvalue weighted by molar-refractivity contribution is 6.32. The van der Waals surface area contributed by atoms with Gasteiger partial charge in [0.25, 0.3) is 0 Å². The number of rotatable bonds is 1. The highest BCUT2D eigenvalue weighted by Crippen LogP contribution is 2.13. The lowest BCUT2D eigenvalue weighted by Gasteiger charge is -2.00. The quantitative estimate of drug-likeness (QED) is 0.499. The predicted octanol–water partition coefficient (Wildman–Crippen LogP) is 2.77. The predicted molar refractivity (Wildman–Crippen MR) is 74.0 cm³/mol. The second-order valence-electron chi connectivity index (χ2n) is 3.42. The number of anilines is 1. The number of nitrogens with zero attached hydrogens (tertiary/aromatic N) is 2. The Kier molecular flexibility index (Phi) is 4.35. The first-order chi connectivity index (χ1) is 9.13. The van der Waals surface area contributed by atoms with Crippen LogP contribution >= 0.6 is 23.2 Å². The monoisotopic (exact) mass is 291 g/mol. The second-order valence-corrected chi connectivity index (χ2v) is 4.14. The van der Waals surface area contributed by atoms with Crippen LogP contribution in [0.3, 0.4) is 0 Å². The summed E-state index contributed by atoms with van der Waals surface area (Å²) in [6.45, 7) is 0. The molecule has 2 aromatic rings. The SMILES string of the molecule is O=C(C#Cc1ccccc1)Nc1cc(Cl)nc(Cl)n1. The number of carbonyl (C=O) groups is 1. The van der Waals surface area contributed by atoms with E-state index < -0.39 is 5.91 Å². The molecule has 0 bridgehead atoms. The van der Waals surface area contributed by atoms with Gasteiger partial charge in [0.05, 0.1) is 0 Å². The van der Waals surface area contributed by atoms with Crippen molar-refractivity contribution in [3.63, 3.8) is 0 Å². The van der Waals surface area contributed by atoms with Crippen molar-refractivity contribution >= 4 is 34.9 Å². The third-order valence-electron chi connectivity index (χ3n) is 2.00. The van der Waals surface area contributed by atoms with Gasteiger partial charge in [-0.25, -0.2) is 9.97 Å². The first-order valence-electron chi connectivity index (χ1n) is 5.21. The zero-order valence-corrected chi connectivity index (χ0v) is 11.0. The van der Waals surface area contributed by atoms with Gasteiger partial charge in [0.15, 0.2) is 0 Å². The van der Waals surface area contributed by atoms with Gasteiger partial charge in [-0.15, -0.1) is 0 Å². The van der Waals surface area contributed by atoms with E-state index in [1.54, 1.807) is 12.1 Å². The fourth-order valence-corrected chi connectivity index (χ4v) is 1.66. The average molecular weight is 292 g/mol. The second kappa shape index (κ2) is 6.19. The molecule has 1 amide bonds. The normalized spacial score (nSPS) is 9.37. The maximum atomic E-state index is 11.6. The largest absolute Gasteiger partial charge is 0.301 e. The maximum absolute atomic E-state index is 11.6. The lowest BCUT2D eigenvalue weighted by molar-refractivity contribution is -0.111. The Morgan fingerprint density at radius 2 is 1.89 bits per heavy atom. The van der Waals surface area contributed by atoms with Gasteiger partial charge in [0.2, 0.25) is 5.28 Å². The van der Waals surface area contributed by atoms with E-state index in [4.69, 9.17) is 23.2 Å². The highest BCUT2D eigenvalue weighted by Gasteiger charge is 2.03. The summed E-state index contributed by atoms with van der Waals surface area (Å²) in [5.74, 6) is 4.86.